The molecule has 2 aromatic heterocycles. The van der Waals surface area contributed by atoms with Crippen molar-refractivity contribution in [2.75, 3.05) is 5.73 Å². The fraction of sp³-hybridized carbons (Fsp3) is 0.364. The first-order valence-electron chi connectivity index (χ1n) is 10.2. The van der Waals surface area contributed by atoms with Gasteiger partial charge in [0, 0.05) is 18.5 Å². The molecule has 2 aliphatic rings. The molecule has 2 N–H and O–H groups in total. The summed E-state index contributed by atoms with van der Waals surface area (Å²) in [7, 11) is 1.73. The summed E-state index contributed by atoms with van der Waals surface area (Å²) in [5.74, 6) is 0.631. The second kappa shape index (κ2) is 7.23. The molecule has 0 saturated heterocycles. The summed E-state index contributed by atoms with van der Waals surface area (Å²) in [6.07, 6.45) is 3.41. The number of halogens is 1. The first-order valence-corrected chi connectivity index (χ1v) is 10.2. The van der Waals surface area contributed by atoms with Crippen LogP contribution >= 0.6 is 0 Å². The van der Waals surface area contributed by atoms with Gasteiger partial charge in [0.2, 0.25) is 0 Å². The molecule has 0 radical (unpaired) electrons. The molecule has 2 unspecified atom stereocenters. The molecule has 1 aromatic carbocycles. The number of benzene rings is 1. The Kier molecular flexibility index (Phi) is 4.50. The lowest BCUT2D eigenvalue weighted by Gasteiger charge is -2.37. The molecule has 31 heavy (non-hydrogen) atoms. The van der Waals surface area contributed by atoms with Gasteiger partial charge in [-0.05, 0) is 44.4 Å². The SMILES string of the molecule is C[C@H]1Oc2nc(cnc2N)-c2c(nn(C)c2C#N)CC2CCC2Oc2ccc(F)cc21. The van der Waals surface area contributed by atoms with Crippen LogP contribution < -0.4 is 15.2 Å². The van der Waals surface area contributed by atoms with Crippen LogP contribution in [0.3, 0.4) is 0 Å². The van der Waals surface area contributed by atoms with Crippen LogP contribution in [0.5, 0.6) is 11.6 Å². The molecular formula is C22H21FN6O2. The van der Waals surface area contributed by atoms with E-state index in [1.54, 1.807) is 24.7 Å². The molecular weight excluding hydrogens is 399 g/mol. The van der Waals surface area contributed by atoms with Crippen molar-refractivity contribution >= 4 is 5.82 Å². The molecule has 8 nitrogen and oxygen atoms in total. The average molecular weight is 420 g/mol. The van der Waals surface area contributed by atoms with Gasteiger partial charge >= 0.3 is 0 Å². The molecule has 1 aliphatic carbocycles. The van der Waals surface area contributed by atoms with E-state index in [1.165, 1.54) is 18.3 Å². The van der Waals surface area contributed by atoms with Crippen molar-refractivity contribution in [1.82, 2.24) is 19.7 Å². The predicted molar refractivity (Wildman–Crippen MR) is 110 cm³/mol. The Bertz CT molecular complexity index is 1220. The van der Waals surface area contributed by atoms with Gasteiger partial charge in [0.15, 0.2) is 5.82 Å². The maximum Gasteiger partial charge on any atom is 0.258 e. The van der Waals surface area contributed by atoms with Gasteiger partial charge in [-0.25, -0.2) is 14.4 Å². The number of anilines is 1. The summed E-state index contributed by atoms with van der Waals surface area (Å²) in [5.41, 5.74) is 8.84. The largest absolute Gasteiger partial charge is 0.490 e. The van der Waals surface area contributed by atoms with Gasteiger partial charge in [-0.15, -0.1) is 0 Å². The highest BCUT2D eigenvalue weighted by Gasteiger charge is 2.36. The van der Waals surface area contributed by atoms with E-state index in [9.17, 15) is 9.65 Å². The van der Waals surface area contributed by atoms with Gasteiger partial charge in [0.1, 0.15) is 35.5 Å². The first-order chi connectivity index (χ1) is 14.9. The Labute approximate surface area is 178 Å². The lowest BCUT2D eigenvalue weighted by molar-refractivity contribution is 0.0435. The predicted octanol–water partition coefficient (Wildman–Crippen LogP) is 3.32. The zero-order chi connectivity index (χ0) is 21.7. The first kappa shape index (κ1) is 19.3. The second-order valence-corrected chi connectivity index (χ2v) is 7.99. The van der Waals surface area contributed by atoms with Crippen LogP contribution in [-0.4, -0.2) is 25.9 Å². The summed E-state index contributed by atoms with van der Waals surface area (Å²) in [4.78, 5) is 8.79. The molecule has 5 rings (SSSR count). The van der Waals surface area contributed by atoms with Crippen molar-refractivity contribution in [3.05, 3.63) is 47.2 Å². The molecule has 158 valence electrons. The maximum atomic E-state index is 14.0. The number of nitrogens with zero attached hydrogens (tertiary/aromatic N) is 5. The number of nitrogen functional groups attached to an aromatic ring is 1. The van der Waals surface area contributed by atoms with Crippen molar-refractivity contribution in [3.8, 4) is 29.0 Å². The van der Waals surface area contributed by atoms with Crippen molar-refractivity contribution in [1.29, 1.82) is 5.26 Å². The number of nitrogens with two attached hydrogens (primary N) is 1. The van der Waals surface area contributed by atoms with Gasteiger partial charge in [0.05, 0.1) is 23.1 Å². The molecule has 3 atom stereocenters. The van der Waals surface area contributed by atoms with Crippen molar-refractivity contribution in [2.45, 2.75) is 38.4 Å². The van der Waals surface area contributed by atoms with Crippen LogP contribution in [0.2, 0.25) is 0 Å². The second-order valence-electron chi connectivity index (χ2n) is 7.99. The summed E-state index contributed by atoms with van der Waals surface area (Å²) < 4.78 is 27.9. The van der Waals surface area contributed by atoms with E-state index in [2.05, 4.69) is 21.1 Å². The van der Waals surface area contributed by atoms with Crippen LogP contribution in [0.15, 0.2) is 24.4 Å². The van der Waals surface area contributed by atoms with E-state index in [0.29, 0.717) is 34.7 Å². The smallest absolute Gasteiger partial charge is 0.258 e. The molecule has 0 amide bonds. The van der Waals surface area contributed by atoms with E-state index >= 15 is 0 Å². The molecule has 2 bridgehead atoms. The molecule has 1 fully saturated rings. The van der Waals surface area contributed by atoms with Crippen molar-refractivity contribution in [2.24, 2.45) is 13.0 Å². The van der Waals surface area contributed by atoms with Crippen molar-refractivity contribution < 1.29 is 13.9 Å². The topological polar surface area (TPSA) is 112 Å². The zero-order valence-electron chi connectivity index (χ0n) is 17.2. The number of aryl methyl sites for hydroxylation is 1. The van der Waals surface area contributed by atoms with Gasteiger partial charge in [-0.3, -0.25) is 4.68 Å². The minimum atomic E-state index is -0.583. The molecule has 0 spiro atoms. The quantitative estimate of drug-likeness (QED) is 0.594. The van der Waals surface area contributed by atoms with E-state index in [-0.39, 0.29) is 29.5 Å². The number of rotatable bonds is 0. The van der Waals surface area contributed by atoms with E-state index < -0.39 is 6.10 Å². The van der Waals surface area contributed by atoms with E-state index in [4.69, 9.17) is 15.2 Å². The minimum absolute atomic E-state index is 0.0307. The molecule has 3 aromatic rings. The Morgan fingerprint density at radius 1 is 1.29 bits per heavy atom. The van der Waals surface area contributed by atoms with Crippen LogP contribution in [-0.2, 0) is 13.5 Å². The van der Waals surface area contributed by atoms with Crippen LogP contribution in [0.1, 0.15) is 42.8 Å². The normalized spacial score (nSPS) is 21.9. The molecule has 1 saturated carbocycles. The Morgan fingerprint density at radius 2 is 2.13 bits per heavy atom. The van der Waals surface area contributed by atoms with E-state index in [1.807, 2.05) is 0 Å². The monoisotopic (exact) mass is 420 g/mol. The van der Waals surface area contributed by atoms with E-state index in [0.717, 1.165) is 18.5 Å². The highest BCUT2D eigenvalue weighted by atomic mass is 19.1. The van der Waals surface area contributed by atoms with Gasteiger partial charge in [-0.2, -0.15) is 10.4 Å². The molecule has 9 heteroatoms. The minimum Gasteiger partial charge on any atom is -0.490 e. The number of nitriles is 1. The van der Waals surface area contributed by atoms with Crippen LogP contribution in [0.25, 0.3) is 11.3 Å². The lowest BCUT2D eigenvalue weighted by Crippen LogP contribution is -2.38. The molecule has 1 aliphatic heterocycles. The fourth-order valence-electron chi connectivity index (χ4n) is 4.22. The fourth-order valence-corrected chi connectivity index (χ4v) is 4.22. The Balaban J connectivity index is 1.69. The number of hydrogen-bond donors (Lipinski definition) is 1. The lowest BCUT2D eigenvalue weighted by atomic mass is 9.78. The Hall–Kier alpha value is -3.67. The van der Waals surface area contributed by atoms with Crippen molar-refractivity contribution in [3.63, 3.8) is 0 Å². The zero-order valence-corrected chi connectivity index (χ0v) is 17.2. The van der Waals surface area contributed by atoms with Gasteiger partial charge in [0.25, 0.3) is 5.88 Å². The summed E-state index contributed by atoms with van der Waals surface area (Å²) in [6, 6.07) is 6.63. The van der Waals surface area contributed by atoms with Crippen LogP contribution in [0, 0.1) is 23.1 Å². The third kappa shape index (κ3) is 3.24. The van der Waals surface area contributed by atoms with Gasteiger partial charge in [-0.1, -0.05) is 0 Å². The number of ether oxygens (including phenoxy) is 2. The third-order valence-electron chi connectivity index (χ3n) is 6.03. The van der Waals surface area contributed by atoms with Crippen LogP contribution in [0.4, 0.5) is 10.2 Å². The third-order valence-corrected chi connectivity index (χ3v) is 6.03. The summed E-state index contributed by atoms with van der Waals surface area (Å²) in [5, 5.41) is 14.3. The maximum absolute atomic E-state index is 14.0. The number of aromatic nitrogens is 4. The average Bonchev–Trinajstić information content (AvgIpc) is 3.06. The standard InChI is InChI=1S/C22H21FN6O2/c1-11-14-8-13(23)4-6-19(14)31-18-5-3-12(18)7-15-20(17(9-24)29(2)28-15)16-10-26-21(25)22(27-16)30-11/h4,6,8,10-12,18H,3,5,7H2,1-2H3,(H2,25,26)/t11-,12?,18?/m1/s1. The summed E-state index contributed by atoms with van der Waals surface area (Å²) in [6.45, 7) is 1.78. The molecule has 3 heterocycles. The highest BCUT2D eigenvalue weighted by molar-refractivity contribution is 5.69. The number of fused-ring (bicyclic) bond motifs is 6. The highest BCUT2D eigenvalue weighted by Crippen LogP contribution is 2.40. The number of hydrogen-bond acceptors (Lipinski definition) is 7. The Morgan fingerprint density at radius 3 is 2.87 bits per heavy atom. The van der Waals surface area contributed by atoms with Gasteiger partial charge < -0.3 is 15.2 Å². The summed E-state index contributed by atoms with van der Waals surface area (Å²) >= 11 is 0.